The summed E-state index contributed by atoms with van der Waals surface area (Å²) in [5.41, 5.74) is 13.0. The maximum atomic E-state index is 13.7. The van der Waals surface area contributed by atoms with E-state index in [2.05, 4.69) is 38.2 Å². The molecule has 0 aliphatic carbocycles. The van der Waals surface area contributed by atoms with E-state index < -0.39 is 0 Å². The van der Waals surface area contributed by atoms with Crippen LogP contribution in [0.2, 0.25) is 0 Å². The van der Waals surface area contributed by atoms with Crippen molar-refractivity contribution < 1.29 is 8.78 Å². The minimum absolute atomic E-state index is 0.131. The molecule has 0 saturated carbocycles. The maximum Gasteiger partial charge on any atom is 0.123 e. The molecular weight excluding hydrogens is 402 g/mol. The lowest BCUT2D eigenvalue weighted by atomic mass is 9.82. The van der Waals surface area contributed by atoms with E-state index in [1.165, 1.54) is 24.3 Å². The van der Waals surface area contributed by atoms with Gasteiger partial charge in [0.1, 0.15) is 11.6 Å². The van der Waals surface area contributed by atoms with Crippen molar-refractivity contribution in [3.8, 4) is 22.3 Å². The summed E-state index contributed by atoms with van der Waals surface area (Å²) in [4.78, 5) is 0. The molecule has 3 N–H and O–H groups in total. The van der Waals surface area contributed by atoms with Crippen LogP contribution in [0.25, 0.3) is 22.3 Å². The number of rotatable bonds is 4. The van der Waals surface area contributed by atoms with Crippen molar-refractivity contribution in [2.24, 2.45) is 0 Å². The lowest BCUT2D eigenvalue weighted by Crippen LogP contribution is -2.12. The number of halogens is 2. The highest BCUT2D eigenvalue weighted by atomic mass is 19.1. The molecule has 4 heteroatoms. The van der Waals surface area contributed by atoms with Crippen LogP contribution < -0.4 is 11.1 Å². The molecule has 4 aromatic carbocycles. The average Bonchev–Trinajstić information content (AvgIpc) is 2.76. The van der Waals surface area contributed by atoms with Crippen LogP contribution in [0, 0.1) is 11.6 Å². The number of nitrogens with one attached hydrogen (secondary N) is 1. The van der Waals surface area contributed by atoms with Gasteiger partial charge in [0.2, 0.25) is 0 Å². The molecule has 0 atom stereocenters. The zero-order chi connectivity index (χ0) is 22.9. The molecule has 0 bridgehead atoms. The smallest absolute Gasteiger partial charge is 0.123 e. The van der Waals surface area contributed by atoms with E-state index in [9.17, 15) is 8.78 Å². The summed E-state index contributed by atoms with van der Waals surface area (Å²) in [5, 5.41) is 3.50. The van der Waals surface area contributed by atoms with Crippen LogP contribution in [0.4, 0.5) is 25.8 Å². The van der Waals surface area contributed by atoms with Crippen molar-refractivity contribution in [2.75, 3.05) is 11.1 Å². The predicted octanol–water partition coefficient (Wildman–Crippen LogP) is 7.92. The van der Waals surface area contributed by atoms with E-state index >= 15 is 0 Å². The Morgan fingerprint density at radius 1 is 0.688 bits per heavy atom. The third-order valence-electron chi connectivity index (χ3n) is 5.54. The second kappa shape index (κ2) is 8.46. The highest BCUT2D eigenvalue weighted by Gasteiger charge is 2.21. The summed E-state index contributed by atoms with van der Waals surface area (Å²) in [6.45, 7) is 6.44. The van der Waals surface area contributed by atoms with Gasteiger partial charge in [-0.15, -0.1) is 0 Å². The van der Waals surface area contributed by atoms with E-state index in [4.69, 9.17) is 5.73 Å². The molecule has 4 aromatic rings. The molecule has 0 fully saturated rings. The molecule has 162 valence electrons. The molecule has 0 aliphatic rings. The van der Waals surface area contributed by atoms with Gasteiger partial charge in [0.25, 0.3) is 0 Å². The zero-order valence-corrected chi connectivity index (χ0v) is 18.4. The summed E-state index contributed by atoms with van der Waals surface area (Å²) < 4.78 is 27.4. The van der Waals surface area contributed by atoms with Crippen LogP contribution >= 0.6 is 0 Å². The van der Waals surface area contributed by atoms with Gasteiger partial charge in [0.15, 0.2) is 0 Å². The molecule has 0 saturated heterocycles. The van der Waals surface area contributed by atoms with E-state index in [-0.39, 0.29) is 17.0 Å². The number of benzene rings is 4. The van der Waals surface area contributed by atoms with E-state index in [1.54, 1.807) is 24.3 Å². The predicted molar refractivity (Wildman–Crippen MR) is 130 cm³/mol. The first-order chi connectivity index (χ1) is 15.2. The fourth-order valence-electron chi connectivity index (χ4n) is 3.67. The number of para-hydroxylation sites is 2. The molecule has 0 unspecified atom stereocenters. The number of hydrogen-bond donors (Lipinski definition) is 2. The summed E-state index contributed by atoms with van der Waals surface area (Å²) in [6, 6.07) is 24.7. The van der Waals surface area contributed by atoms with Crippen molar-refractivity contribution in [3.05, 3.63) is 102 Å². The standard InChI is InChI=1S/C28H26F2N2/c1-28(2,3)20-16-23(18-8-12-21(29)13-9-18)27(32-26-7-5-4-6-25(26)31)24(17-20)19-10-14-22(30)15-11-19/h4-17,32H,31H2,1-3H3. The topological polar surface area (TPSA) is 38.0 Å². The van der Waals surface area contributed by atoms with Gasteiger partial charge in [-0.05, 0) is 70.6 Å². The van der Waals surface area contributed by atoms with Crippen LogP contribution in [0.5, 0.6) is 0 Å². The summed E-state index contributed by atoms with van der Waals surface area (Å²) in [6.07, 6.45) is 0. The fourth-order valence-corrected chi connectivity index (χ4v) is 3.67. The first kappa shape index (κ1) is 21.6. The molecule has 0 spiro atoms. The van der Waals surface area contributed by atoms with Crippen molar-refractivity contribution >= 4 is 17.1 Å². The molecular formula is C28H26F2N2. The van der Waals surface area contributed by atoms with Crippen molar-refractivity contribution in [2.45, 2.75) is 26.2 Å². The highest BCUT2D eigenvalue weighted by molar-refractivity contribution is 5.94. The SMILES string of the molecule is CC(C)(C)c1cc(-c2ccc(F)cc2)c(Nc2ccccc2N)c(-c2ccc(F)cc2)c1. The van der Waals surface area contributed by atoms with Gasteiger partial charge in [0.05, 0.1) is 17.1 Å². The number of nitrogens with two attached hydrogens (primary N) is 1. The molecule has 0 aliphatic heterocycles. The largest absolute Gasteiger partial charge is 0.397 e. The molecule has 0 amide bonds. The first-order valence-electron chi connectivity index (χ1n) is 10.5. The molecule has 0 heterocycles. The van der Waals surface area contributed by atoms with Crippen LogP contribution in [0.3, 0.4) is 0 Å². The molecule has 0 radical (unpaired) electrons. The van der Waals surface area contributed by atoms with Crippen molar-refractivity contribution in [1.29, 1.82) is 0 Å². The lowest BCUT2D eigenvalue weighted by molar-refractivity contribution is 0.591. The third kappa shape index (κ3) is 4.50. The Labute approximate surface area is 187 Å². The summed E-state index contributed by atoms with van der Waals surface area (Å²) in [5.74, 6) is -0.581. The second-order valence-electron chi connectivity index (χ2n) is 8.92. The minimum atomic E-state index is -0.290. The Balaban J connectivity index is 2.03. The second-order valence-corrected chi connectivity index (χ2v) is 8.92. The van der Waals surface area contributed by atoms with Gasteiger partial charge in [-0.2, -0.15) is 0 Å². The fraction of sp³-hybridized carbons (Fsp3) is 0.143. The Kier molecular flexibility index (Phi) is 5.70. The Morgan fingerprint density at radius 2 is 1.16 bits per heavy atom. The van der Waals surface area contributed by atoms with Gasteiger partial charge >= 0.3 is 0 Å². The van der Waals surface area contributed by atoms with E-state index in [1.807, 2.05) is 24.3 Å². The van der Waals surface area contributed by atoms with Gasteiger partial charge in [-0.1, -0.05) is 57.2 Å². The quantitative estimate of drug-likeness (QED) is 0.324. The van der Waals surface area contributed by atoms with E-state index in [0.29, 0.717) is 5.69 Å². The normalized spacial score (nSPS) is 11.4. The molecule has 32 heavy (non-hydrogen) atoms. The monoisotopic (exact) mass is 428 g/mol. The Morgan fingerprint density at radius 3 is 1.59 bits per heavy atom. The van der Waals surface area contributed by atoms with Crippen LogP contribution in [0.15, 0.2) is 84.9 Å². The third-order valence-corrected chi connectivity index (χ3v) is 5.54. The first-order valence-corrected chi connectivity index (χ1v) is 10.5. The number of anilines is 3. The number of nitrogen functional groups attached to an aromatic ring is 1. The average molecular weight is 429 g/mol. The summed E-state index contributed by atoms with van der Waals surface area (Å²) in [7, 11) is 0. The summed E-state index contributed by atoms with van der Waals surface area (Å²) >= 11 is 0. The van der Waals surface area contributed by atoms with E-state index in [0.717, 1.165) is 39.2 Å². The Bertz CT molecular complexity index is 1170. The van der Waals surface area contributed by atoms with Crippen molar-refractivity contribution in [1.82, 2.24) is 0 Å². The van der Waals surface area contributed by atoms with Crippen molar-refractivity contribution in [3.63, 3.8) is 0 Å². The highest BCUT2D eigenvalue weighted by Crippen LogP contribution is 2.43. The van der Waals surface area contributed by atoms with Gasteiger partial charge < -0.3 is 11.1 Å². The van der Waals surface area contributed by atoms with Gasteiger partial charge in [-0.25, -0.2) is 8.78 Å². The zero-order valence-electron chi connectivity index (χ0n) is 18.4. The van der Waals surface area contributed by atoms with Crippen LogP contribution in [-0.2, 0) is 5.41 Å². The number of hydrogen-bond acceptors (Lipinski definition) is 2. The Hall–Kier alpha value is -3.66. The molecule has 0 aromatic heterocycles. The van der Waals surface area contributed by atoms with Crippen LogP contribution in [-0.4, -0.2) is 0 Å². The minimum Gasteiger partial charge on any atom is -0.397 e. The lowest BCUT2D eigenvalue weighted by Gasteiger charge is -2.25. The maximum absolute atomic E-state index is 13.7. The molecule has 2 nitrogen and oxygen atoms in total. The van der Waals surface area contributed by atoms with Gasteiger partial charge in [0, 0.05) is 11.1 Å². The molecule has 4 rings (SSSR count). The van der Waals surface area contributed by atoms with Crippen LogP contribution in [0.1, 0.15) is 26.3 Å². The van der Waals surface area contributed by atoms with Gasteiger partial charge in [-0.3, -0.25) is 0 Å².